The van der Waals surface area contributed by atoms with Gasteiger partial charge in [-0.25, -0.2) is 4.79 Å². The van der Waals surface area contributed by atoms with Gasteiger partial charge in [0, 0.05) is 6.61 Å². The van der Waals surface area contributed by atoms with Crippen LogP contribution in [0.15, 0.2) is 0 Å². The van der Waals surface area contributed by atoms with Crippen LogP contribution >= 0.6 is 0 Å². The molecule has 0 fully saturated rings. The zero-order chi connectivity index (χ0) is 11.2. The van der Waals surface area contributed by atoms with E-state index >= 15 is 0 Å². The minimum atomic E-state index is -4.52. The van der Waals surface area contributed by atoms with Crippen LogP contribution < -0.4 is 0 Å². The number of rotatable bonds is 5. The van der Waals surface area contributed by atoms with E-state index in [1.165, 1.54) is 6.92 Å². The molecule has 0 aromatic carbocycles. The third kappa shape index (κ3) is 6.67. The number of carbonyl (C=O) groups is 1. The van der Waals surface area contributed by atoms with Crippen molar-refractivity contribution in [1.29, 1.82) is 0 Å². The van der Waals surface area contributed by atoms with Crippen LogP contribution in [0.5, 0.6) is 0 Å². The smallest absolute Gasteiger partial charge is 0.367 e. The summed E-state index contributed by atoms with van der Waals surface area (Å²) < 4.78 is 39.3. The van der Waals surface area contributed by atoms with Crippen molar-refractivity contribution in [3.63, 3.8) is 0 Å². The lowest BCUT2D eigenvalue weighted by Crippen LogP contribution is -2.26. The molecular formula is C7H11F3O4. The van der Waals surface area contributed by atoms with Crippen LogP contribution in [0.2, 0.25) is 0 Å². The molecule has 0 aliphatic heterocycles. The maximum Gasteiger partial charge on any atom is 0.415 e. The quantitative estimate of drug-likeness (QED) is 0.515. The van der Waals surface area contributed by atoms with E-state index in [2.05, 4.69) is 9.78 Å². The summed E-state index contributed by atoms with van der Waals surface area (Å²) in [6, 6.07) is 0. The van der Waals surface area contributed by atoms with Crippen molar-refractivity contribution in [1.82, 2.24) is 0 Å². The minimum absolute atomic E-state index is 0.259. The monoisotopic (exact) mass is 216 g/mol. The molecule has 0 heterocycles. The molecule has 0 amide bonds. The molecule has 0 aromatic rings. The van der Waals surface area contributed by atoms with Crippen LogP contribution in [0.25, 0.3) is 0 Å². The first-order chi connectivity index (χ1) is 6.37. The highest BCUT2D eigenvalue weighted by molar-refractivity contribution is 5.73. The number of hydrogen-bond acceptors (Lipinski definition) is 4. The maximum atomic E-state index is 11.5. The molecule has 4 nitrogen and oxygen atoms in total. The van der Waals surface area contributed by atoms with Gasteiger partial charge in [-0.05, 0) is 13.8 Å². The Balaban J connectivity index is 3.64. The van der Waals surface area contributed by atoms with E-state index in [9.17, 15) is 18.0 Å². The normalized spacial score (nSPS) is 13.8. The number of carbonyl (C=O) groups excluding carboxylic acids is 1. The van der Waals surface area contributed by atoms with E-state index in [-0.39, 0.29) is 6.61 Å². The van der Waals surface area contributed by atoms with Gasteiger partial charge >= 0.3 is 12.1 Å². The number of alkyl halides is 3. The first kappa shape index (κ1) is 13.2. The van der Waals surface area contributed by atoms with Crippen molar-refractivity contribution in [3.05, 3.63) is 0 Å². The van der Waals surface area contributed by atoms with Gasteiger partial charge in [-0.1, -0.05) is 0 Å². The SMILES string of the molecule is CCOC(C)C(=O)OOCC(F)(F)F. The van der Waals surface area contributed by atoms with Gasteiger partial charge in [0.05, 0.1) is 0 Å². The highest BCUT2D eigenvalue weighted by atomic mass is 19.4. The van der Waals surface area contributed by atoms with Crippen molar-refractivity contribution >= 4 is 5.97 Å². The molecular weight excluding hydrogens is 205 g/mol. The van der Waals surface area contributed by atoms with E-state index in [0.717, 1.165) is 0 Å². The predicted octanol–water partition coefficient (Wildman–Crippen LogP) is 1.45. The van der Waals surface area contributed by atoms with Crippen molar-refractivity contribution in [2.45, 2.75) is 26.1 Å². The molecule has 84 valence electrons. The summed E-state index contributed by atoms with van der Waals surface area (Å²) in [6.45, 7) is 1.62. The van der Waals surface area contributed by atoms with Gasteiger partial charge in [-0.3, -0.25) is 4.89 Å². The Labute approximate surface area is 78.9 Å². The summed E-state index contributed by atoms with van der Waals surface area (Å²) in [7, 11) is 0. The number of halogens is 3. The van der Waals surface area contributed by atoms with Gasteiger partial charge in [0.15, 0.2) is 12.7 Å². The van der Waals surface area contributed by atoms with Crippen molar-refractivity contribution in [2.75, 3.05) is 13.2 Å². The summed E-state index contributed by atoms with van der Waals surface area (Å²) in [4.78, 5) is 18.3. The molecule has 1 atom stereocenters. The fourth-order valence-electron chi connectivity index (χ4n) is 0.540. The minimum Gasteiger partial charge on any atom is -0.367 e. The molecule has 0 bridgehead atoms. The van der Waals surface area contributed by atoms with E-state index in [4.69, 9.17) is 4.74 Å². The van der Waals surface area contributed by atoms with E-state index in [0.29, 0.717) is 0 Å². The van der Waals surface area contributed by atoms with Gasteiger partial charge in [0.25, 0.3) is 0 Å². The Bertz CT molecular complexity index is 180. The van der Waals surface area contributed by atoms with E-state index in [1.807, 2.05) is 0 Å². The van der Waals surface area contributed by atoms with Crippen LogP contribution in [-0.2, 0) is 19.3 Å². The third-order valence-electron chi connectivity index (χ3n) is 1.11. The molecule has 0 aliphatic rings. The van der Waals surface area contributed by atoms with Crippen LogP contribution in [-0.4, -0.2) is 31.5 Å². The second-order valence-corrected chi connectivity index (χ2v) is 2.38. The number of hydrogen-bond donors (Lipinski definition) is 0. The molecule has 0 N–H and O–H groups in total. The Kier molecular flexibility index (Phi) is 5.47. The lowest BCUT2D eigenvalue weighted by molar-refractivity contribution is -0.321. The molecule has 7 heteroatoms. The lowest BCUT2D eigenvalue weighted by atomic mass is 10.4. The zero-order valence-corrected chi connectivity index (χ0v) is 7.76. The topological polar surface area (TPSA) is 44.8 Å². The summed E-state index contributed by atoms with van der Waals surface area (Å²) in [5.41, 5.74) is 0. The third-order valence-corrected chi connectivity index (χ3v) is 1.11. The Hall–Kier alpha value is -0.820. The predicted molar refractivity (Wildman–Crippen MR) is 39.2 cm³/mol. The highest BCUT2D eigenvalue weighted by Gasteiger charge is 2.29. The van der Waals surface area contributed by atoms with Gasteiger partial charge in [-0.2, -0.15) is 18.1 Å². The van der Waals surface area contributed by atoms with Crippen LogP contribution in [0.3, 0.4) is 0 Å². The fourth-order valence-corrected chi connectivity index (χ4v) is 0.540. The summed E-state index contributed by atoms with van der Waals surface area (Å²) in [6.07, 6.45) is -5.46. The molecule has 0 spiro atoms. The maximum absolute atomic E-state index is 11.5. The molecule has 0 radical (unpaired) electrons. The number of ether oxygens (including phenoxy) is 1. The molecule has 0 aromatic heterocycles. The largest absolute Gasteiger partial charge is 0.415 e. The molecule has 0 saturated heterocycles. The molecule has 0 aliphatic carbocycles. The standard InChI is InChI=1S/C7H11F3O4/c1-3-12-5(2)6(11)14-13-4-7(8,9)10/h5H,3-4H2,1-2H3. The van der Waals surface area contributed by atoms with Crippen LogP contribution in [0.4, 0.5) is 13.2 Å². The Morgan fingerprint density at radius 2 is 2.00 bits per heavy atom. The summed E-state index contributed by atoms with van der Waals surface area (Å²) in [5.74, 6) is -0.990. The van der Waals surface area contributed by atoms with Crippen LogP contribution in [0.1, 0.15) is 13.8 Å². The molecule has 14 heavy (non-hydrogen) atoms. The second-order valence-electron chi connectivity index (χ2n) is 2.38. The molecule has 0 rings (SSSR count). The van der Waals surface area contributed by atoms with Gasteiger partial charge in [-0.15, -0.1) is 0 Å². The van der Waals surface area contributed by atoms with Crippen molar-refractivity contribution in [3.8, 4) is 0 Å². The first-order valence-electron chi connectivity index (χ1n) is 3.88. The van der Waals surface area contributed by atoms with Crippen molar-refractivity contribution < 1.29 is 32.5 Å². The van der Waals surface area contributed by atoms with Gasteiger partial charge < -0.3 is 4.74 Å². The second kappa shape index (κ2) is 5.82. The highest BCUT2D eigenvalue weighted by Crippen LogP contribution is 2.14. The fraction of sp³-hybridized carbons (Fsp3) is 0.857. The van der Waals surface area contributed by atoms with Crippen molar-refractivity contribution in [2.24, 2.45) is 0 Å². The van der Waals surface area contributed by atoms with E-state index in [1.54, 1.807) is 6.92 Å². The van der Waals surface area contributed by atoms with Gasteiger partial charge in [0.2, 0.25) is 0 Å². The molecule has 1 unspecified atom stereocenters. The molecule has 0 saturated carbocycles. The summed E-state index contributed by atoms with van der Waals surface area (Å²) in [5, 5.41) is 0. The van der Waals surface area contributed by atoms with Crippen LogP contribution in [0, 0.1) is 0 Å². The first-order valence-corrected chi connectivity index (χ1v) is 3.88. The summed E-state index contributed by atoms with van der Waals surface area (Å²) >= 11 is 0. The average Bonchev–Trinajstić information content (AvgIpc) is 2.02. The lowest BCUT2D eigenvalue weighted by Gasteiger charge is -2.10. The Morgan fingerprint density at radius 1 is 1.43 bits per heavy atom. The van der Waals surface area contributed by atoms with E-state index < -0.39 is 24.9 Å². The van der Waals surface area contributed by atoms with Gasteiger partial charge in [0.1, 0.15) is 0 Å². The Morgan fingerprint density at radius 3 is 2.43 bits per heavy atom. The zero-order valence-electron chi connectivity index (χ0n) is 7.76. The average molecular weight is 216 g/mol.